The quantitative estimate of drug-likeness (QED) is 0.888. The fraction of sp³-hybridized carbons (Fsp3) is 0.571. The predicted molar refractivity (Wildman–Crippen MR) is 75.0 cm³/mol. The van der Waals surface area contributed by atoms with Crippen LogP contribution >= 0.6 is 0 Å². The molecule has 0 bridgehead atoms. The molecular formula is C14H21NO3S. The van der Waals surface area contributed by atoms with Crippen LogP contribution in [0.4, 0.5) is 0 Å². The van der Waals surface area contributed by atoms with Gasteiger partial charge in [0.05, 0.1) is 0 Å². The molecule has 1 aliphatic carbocycles. The summed E-state index contributed by atoms with van der Waals surface area (Å²) < 4.78 is 23.0. The van der Waals surface area contributed by atoms with Crippen LogP contribution in [-0.2, 0) is 15.3 Å². The van der Waals surface area contributed by atoms with Gasteiger partial charge in [0, 0.05) is 18.2 Å². The van der Waals surface area contributed by atoms with E-state index < -0.39 is 9.84 Å². The number of aromatic hydroxyl groups is 1. The fourth-order valence-corrected chi connectivity index (χ4v) is 3.75. The molecule has 5 heteroatoms. The number of sulfone groups is 1. The third kappa shape index (κ3) is 2.77. The van der Waals surface area contributed by atoms with Gasteiger partial charge >= 0.3 is 0 Å². The molecule has 0 radical (unpaired) electrons. The van der Waals surface area contributed by atoms with Crippen LogP contribution in [0.5, 0.6) is 5.75 Å². The van der Waals surface area contributed by atoms with Gasteiger partial charge in [-0.05, 0) is 30.5 Å². The average molecular weight is 283 g/mol. The van der Waals surface area contributed by atoms with Gasteiger partial charge in [-0.15, -0.1) is 0 Å². The molecule has 0 atom stereocenters. The Morgan fingerprint density at radius 3 is 2.37 bits per heavy atom. The summed E-state index contributed by atoms with van der Waals surface area (Å²) in [4.78, 5) is -0.0146. The highest BCUT2D eigenvalue weighted by molar-refractivity contribution is 7.90. The minimum absolute atomic E-state index is 0.0146. The van der Waals surface area contributed by atoms with Crippen molar-refractivity contribution in [1.82, 2.24) is 0 Å². The van der Waals surface area contributed by atoms with Crippen LogP contribution in [0, 0.1) is 0 Å². The SMILES string of the molecule is CS(=O)(=O)c1ccc(C2(CN)CCCCC2)cc1O. The third-order valence-corrected chi connectivity index (χ3v) is 5.32. The molecule has 0 unspecified atom stereocenters. The zero-order valence-electron chi connectivity index (χ0n) is 11.2. The highest BCUT2D eigenvalue weighted by Gasteiger charge is 2.33. The van der Waals surface area contributed by atoms with Crippen molar-refractivity contribution >= 4 is 9.84 Å². The van der Waals surface area contributed by atoms with Gasteiger partial charge in [-0.3, -0.25) is 0 Å². The highest BCUT2D eigenvalue weighted by Crippen LogP contribution is 2.40. The molecule has 0 aromatic heterocycles. The Labute approximate surface area is 114 Å². The van der Waals surface area contributed by atoms with E-state index >= 15 is 0 Å². The Balaban J connectivity index is 2.43. The van der Waals surface area contributed by atoms with E-state index in [4.69, 9.17) is 5.73 Å². The Bertz CT molecular complexity index is 560. The molecule has 1 aromatic carbocycles. The van der Waals surface area contributed by atoms with E-state index in [0.717, 1.165) is 37.5 Å². The van der Waals surface area contributed by atoms with Gasteiger partial charge in [-0.25, -0.2) is 8.42 Å². The van der Waals surface area contributed by atoms with E-state index in [2.05, 4.69) is 0 Å². The number of phenolic OH excluding ortho intramolecular Hbond substituents is 1. The highest BCUT2D eigenvalue weighted by atomic mass is 32.2. The molecule has 0 saturated heterocycles. The lowest BCUT2D eigenvalue weighted by Gasteiger charge is -2.37. The Morgan fingerprint density at radius 1 is 1.26 bits per heavy atom. The van der Waals surface area contributed by atoms with E-state index in [1.807, 2.05) is 0 Å². The first-order valence-electron chi connectivity index (χ1n) is 6.63. The molecule has 1 saturated carbocycles. The van der Waals surface area contributed by atoms with Gasteiger partial charge in [0.1, 0.15) is 10.6 Å². The molecule has 3 N–H and O–H groups in total. The predicted octanol–water partition coefficient (Wildman–Crippen LogP) is 1.96. The van der Waals surface area contributed by atoms with Crippen molar-refractivity contribution in [1.29, 1.82) is 0 Å². The number of hydrogen-bond acceptors (Lipinski definition) is 4. The maximum Gasteiger partial charge on any atom is 0.179 e. The first kappa shape index (κ1) is 14.3. The smallest absolute Gasteiger partial charge is 0.179 e. The summed E-state index contributed by atoms with van der Waals surface area (Å²) >= 11 is 0. The van der Waals surface area contributed by atoms with E-state index in [9.17, 15) is 13.5 Å². The lowest BCUT2D eigenvalue weighted by molar-refractivity contribution is 0.299. The molecule has 4 nitrogen and oxygen atoms in total. The zero-order valence-corrected chi connectivity index (χ0v) is 12.0. The normalized spacial score (nSPS) is 19.3. The second-order valence-corrected chi connectivity index (χ2v) is 7.48. The monoisotopic (exact) mass is 283 g/mol. The number of hydrogen-bond donors (Lipinski definition) is 2. The Kier molecular flexibility index (Phi) is 3.87. The second kappa shape index (κ2) is 5.13. The molecule has 0 spiro atoms. The van der Waals surface area contributed by atoms with Crippen LogP contribution in [0.1, 0.15) is 37.7 Å². The molecule has 0 heterocycles. The van der Waals surface area contributed by atoms with Gasteiger partial charge < -0.3 is 10.8 Å². The fourth-order valence-electron chi connectivity index (χ4n) is 3.00. The van der Waals surface area contributed by atoms with Crippen LogP contribution in [-0.4, -0.2) is 26.3 Å². The number of rotatable bonds is 3. The molecule has 1 aromatic rings. The average Bonchev–Trinajstić information content (AvgIpc) is 2.38. The first-order chi connectivity index (χ1) is 8.89. The van der Waals surface area contributed by atoms with Crippen molar-refractivity contribution in [3.63, 3.8) is 0 Å². The van der Waals surface area contributed by atoms with Crippen LogP contribution in [0.15, 0.2) is 23.1 Å². The van der Waals surface area contributed by atoms with Gasteiger partial charge in [0.2, 0.25) is 0 Å². The van der Waals surface area contributed by atoms with Crippen molar-refractivity contribution in [2.75, 3.05) is 12.8 Å². The van der Waals surface area contributed by atoms with E-state index in [0.29, 0.717) is 6.54 Å². The maximum atomic E-state index is 11.5. The van der Waals surface area contributed by atoms with E-state index in [1.165, 1.54) is 12.5 Å². The van der Waals surface area contributed by atoms with Crippen LogP contribution in [0.3, 0.4) is 0 Å². The topological polar surface area (TPSA) is 80.4 Å². The van der Waals surface area contributed by atoms with Gasteiger partial charge in [0.25, 0.3) is 0 Å². The minimum atomic E-state index is -3.39. The van der Waals surface area contributed by atoms with Gasteiger partial charge in [-0.1, -0.05) is 25.3 Å². The van der Waals surface area contributed by atoms with Crippen molar-refractivity contribution in [2.24, 2.45) is 5.73 Å². The number of nitrogens with two attached hydrogens (primary N) is 1. The molecule has 0 amide bonds. The molecule has 1 aliphatic rings. The molecule has 106 valence electrons. The largest absolute Gasteiger partial charge is 0.507 e. The third-order valence-electron chi connectivity index (χ3n) is 4.17. The van der Waals surface area contributed by atoms with Gasteiger partial charge in [-0.2, -0.15) is 0 Å². The van der Waals surface area contributed by atoms with E-state index in [-0.39, 0.29) is 16.1 Å². The van der Waals surface area contributed by atoms with Crippen molar-refractivity contribution < 1.29 is 13.5 Å². The molecule has 1 fully saturated rings. The summed E-state index contributed by atoms with van der Waals surface area (Å²) in [5, 5.41) is 9.95. The second-order valence-electron chi connectivity index (χ2n) is 5.50. The first-order valence-corrected chi connectivity index (χ1v) is 8.52. The van der Waals surface area contributed by atoms with Crippen LogP contribution in [0.2, 0.25) is 0 Å². The maximum absolute atomic E-state index is 11.5. The summed E-state index contributed by atoms with van der Waals surface area (Å²) in [6.45, 7) is 0.532. The van der Waals surface area contributed by atoms with Crippen molar-refractivity contribution in [3.05, 3.63) is 23.8 Å². The summed E-state index contributed by atoms with van der Waals surface area (Å²) in [5.41, 5.74) is 6.80. The summed E-state index contributed by atoms with van der Waals surface area (Å²) in [5.74, 6) is -0.168. The zero-order chi connectivity index (χ0) is 14.1. The standard InChI is InChI=1S/C14H21NO3S/c1-19(17,18)13-6-5-11(9-12(13)16)14(10-15)7-3-2-4-8-14/h5-6,9,16H,2-4,7-8,10,15H2,1H3. The minimum Gasteiger partial charge on any atom is -0.507 e. The molecular weight excluding hydrogens is 262 g/mol. The summed E-state index contributed by atoms with van der Waals surface area (Å²) in [6.07, 6.45) is 6.58. The molecule has 0 aliphatic heterocycles. The van der Waals surface area contributed by atoms with Crippen molar-refractivity contribution in [3.8, 4) is 5.75 Å². The number of phenols is 1. The lowest BCUT2D eigenvalue weighted by atomic mass is 9.69. The number of benzene rings is 1. The molecule has 2 rings (SSSR count). The molecule has 19 heavy (non-hydrogen) atoms. The van der Waals surface area contributed by atoms with Gasteiger partial charge in [0.15, 0.2) is 9.84 Å². The van der Waals surface area contributed by atoms with Crippen LogP contribution < -0.4 is 5.73 Å². The Morgan fingerprint density at radius 2 is 1.89 bits per heavy atom. The van der Waals surface area contributed by atoms with Crippen molar-refractivity contribution in [2.45, 2.75) is 42.4 Å². The Hall–Kier alpha value is -1.07. The summed E-state index contributed by atoms with van der Waals surface area (Å²) in [7, 11) is -3.39. The summed E-state index contributed by atoms with van der Waals surface area (Å²) in [6, 6.07) is 4.87. The van der Waals surface area contributed by atoms with E-state index in [1.54, 1.807) is 12.1 Å². The lowest BCUT2D eigenvalue weighted by Crippen LogP contribution is -2.37. The van der Waals surface area contributed by atoms with Crippen LogP contribution in [0.25, 0.3) is 0 Å².